The molecule has 1 aromatic carbocycles. The van der Waals surface area contributed by atoms with Crippen molar-refractivity contribution in [3.63, 3.8) is 0 Å². The van der Waals surface area contributed by atoms with Crippen molar-refractivity contribution in [1.82, 2.24) is 9.97 Å². The Kier molecular flexibility index (Phi) is 3.72. The van der Waals surface area contributed by atoms with Crippen molar-refractivity contribution in [2.45, 2.75) is 6.61 Å². The fourth-order valence-electron chi connectivity index (χ4n) is 1.83. The van der Waals surface area contributed by atoms with Crippen molar-refractivity contribution in [2.24, 2.45) is 0 Å². The van der Waals surface area contributed by atoms with Gasteiger partial charge in [0.05, 0.1) is 15.2 Å². The molecule has 1 N–H and O–H groups in total. The average Bonchev–Trinajstić information content (AvgIpc) is 2.91. The van der Waals surface area contributed by atoms with Crippen LogP contribution in [0.15, 0.2) is 41.2 Å². The van der Waals surface area contributed by atoms with Gasteiger partial charge in [-0.1, -0.05) is 23.7 Å². The summed E-state index contributed by atoms with van der Waals surface area (Å²) >= 11 is 6.89. The fourth-order valence-corrected chi connectivity index (χ4v) is 2.77. The summed E-state index contributed by atoms with van der Waals surface area (Å²) in [5, 5.41) is 0.498. The average molecular weight is 321 g/mol. The summed E-state index contributed by atoms with van der Waals surface area (Å²) in [5.41, 5.74) is 0.303. The number of benzene rings is 1. The highest BCUT2D eigenvalue weighted by Crippen LogP contribution is 2.22. The molecule has 0 atom stereocenters. The number of aromatic amines is 1. The van der Waals surface area contributed by atoms with Gasteiger partial charge in [-0.2, -0.15) is 0 Å². The molecule has 0 radical (unpaired) electrons. The molecule has 0 amide bonds. The Morgan fingerprint density at radius 2 is 2.10 bits per heavy atom. The van der Waals surface area contributed by atoms with E-state index in [0.29, 0.717) is 25.9 Å². The zero-order valence-electron chi connectivity index (χ0n) is 10.6. The van der Waals surface area contributed by atoms with Gasteiger partial charge in [-0.25, -0.2) is 9.78 Å². The first-order valence-electron chi connectivity index (χ1n) is 6.04. The van der Waals surface area contributed by atoms with E-state index in [0.717, 1.165) is 11.3 Å². The second-order valence-corrected chi connectivity index (χ2v) is 5.92. The maximum atomic E-state index is 11.9. The van der Waals surface area contributed by atoms with Gasteiger partial charge in [0, 0.05) is 0 Å². The lowest BCUT2D eigenvalue weighted by atomic mass is 10.2. The van der Waals surface area contributed by atoms with Crippen molar-refractivity contribution in [3.05, 3.63) is 61.8 Å². The van der Waals surface area contributed by atoms with E-state index in [1.54, 1.807) is 36.4 Å². The zero-order chi connectivity index (χ0) is 14.8. The molecule has 2 aromatic heterocycles. The van der Waals surface area contributed by atoms with E-state index in [4.69, 9.17) is 16.3 Å². The van der Waals surface area contributed by atoms with Crippen molar-refractivity contribution in [2.75, 3.05) is 0 Å². The van der Waals surface area contributed by atoms with Gasteiger partial charge in [0.1, 0.15) is 17.3 Å². The van der Waals surface area contributed by atoms with Crippen molar-refractivity contribution < 1.29 is 9.53 Å². The van der Waals surface area contributed by atoms with Crippen LogP contribution in [-0.2, 0) is 11.3 Å². The summed E-state index contributed by atoms with van der Waals surface area (Å²) in [6.45, 7) is -0.103. The predicted molar refractivity (Wildman–Crippen MR) is 80.8 cm³/mol. The molecule has 0 saturated carbocycles. The van der Waals surface area contributed by atoms with Crippen LogP contribution in [0.5, 0.6) is 0 Å². The first kappa shape index (κ1) is 13.8. The van der Waals surface area contributed by atoms with Gasteiger partial charge in [-0.05, 0) is 24.3 Å². The molecule has 0 aliphatic carbocycles. The molecular formula is C14H9ClN2O3S. The normalized spacial score (nSPS) is 10.7. The van der Waals surface area contributed by atoms with Crippen LogP contribution in [0.2, 0.25) is 4.34 Å². The molecule has 0 aliphatic heterocycles. The van der Waals surface area contributed by atoms with Gasteiger partial charge < -0.3 is 9.72 Å². The number of ether oxygens (including phenoxy) is 1. The molecule has 3 aromatic rings. The Morgan fingerprint density at radius 1 is 1.29 bits per heavy atom. The van der Waals surface area contributed by atoms with E-state index in [2.05, 4.69) is 9.97 Å². The molecule has 5 nitrogen and oxygen atoms in total. The molecule has 3 rings (SSSR count). The van der Waals surface area contributed by atoms with Gasteiger partial charge in [-0.3, -0.25) is 4.79 Å². The number of rotatable bonds is 3. The number of fused-ring (bicyclic) bond motifs is 1. The highest BCUT2D eigenvalue weighted by Gasteiger charge is 2.11. The number of hydrogen-bond donors (Lipinski definition) is 1. The Labute approximate surface area is 128 Å². The van der Waals surface area contributed by atoms with Crippen LogP contribution in [-0.4, -0.2) is 15.9 Å². The lowest BCUT2D eigenvalue weighted by Crippen LogP contribution is -2.14. The number of hydrogen-bond acceptors (Lipinski definition) is 5. The second-order valence-electron chi connectivity index (χ2n) is 4.21. The van der Waals surface area contributed by atoms with E-state index >= 15 is 0 Å². The Hall–Kier alpha value is -2.18. The lowest BCUT2D eigenvalue weighted by Gasteiger charge is -2.04. The van der Waals surface area contributed by atoms with Gasteiger partial charge >= 0.3 is 5.97 Å². The third kappa shape index (κ3) is 2.96. The number of carbonyl (C=O) groups excluding carboxylic acids is 1. The minimum Gasteiger partial charge on any atom is -0.453 e. The van der Waals surface area contributed by atoms with E-state index in [9.17, 15) is 9.59 Å². The summed E-state index contributed by atoms with van der Waals surface area (Å²) in [6, 6.07) is 10.2. The molecule has 0 aliphatic rings. The Balaban J connectivity index is 1.79. The van der Waals surface area contributed by atoms with Gasteiger partial charge in [0.15, 0.2) is 0 Å². The van der Waals surface area contributed by atoms with Crippen LogP contribution < -0.4 is 5.56 Å². The van der Waals surface area contributed by atoms with Crippen LogP contribution in [0.1, 0.15) is 15.5 Å². The largest absolute Gasteiger partial charge is 0.453 e. The highest BCUT2D eigenvalue weighted by atomic mass is 35.5. The maximum Gasteiger partial charge on any atom is 0.348 e. The number of esters is 1. The molecule has 0 spiro atoms. The number of para-hydroxylation sites is 1. The van der Waals surface area contributed by atoms with Crippen molar-refractivity contribution >= 4 is 39.8 Å². The van der Waals surface area contributed by atoms with Crippen molar-refractivity contribution in [3.8, 4) is 0 Å². The molecule has 7 heteroatoms. The molecule has 2 heterocycles. The first-order chi connectivity index (χ1) is 10.1. The molecule has 21 heavy (non-hydrogen) atoms. The summed E-state index contributed by atoms with van der Waals surface area (Å²) in [5.74, 6) is -0.197. The monoisotopic (exact) mass is 320 g/mol. The van der Waals surface area contributed by atoms with Gasteiger partial charge in [0.25, 0.3) is 5.56 Å². The fraction of sp³-hybridized carbons (Fsp3) is 0.0714. The van der Waals surface area contributed by atoms with Crippen LogP contribution in [0.4, 0.5) is 0 Å². The highest BCUT2D eigenvalue weighted by molar-refractivity contribution is 7.17. The second kappa shape index (κ2) is 5.67. The number of halogens is 1. The standard InChI is InChI=1S/C14H9ClN2O3S/c15-11-6-5-10(21-11)14(19)20-7-12-16-9-4-2-1-3-8(9)13(18)17-12/h1-6H,7H2,(H,16,17,18). The van der Waals surface area contributed by atoms with Crippen LogP contribution in [0.25, 0.3) is 10.9 Å². The van der Waals surface area contributed by atoms with E-state index in [1.807, 2.05) is 0 Å². The minimum atomic E-state index is -0.497. The molecule has 0 fully saturated rings. The number of H-pyrrole nitrogens is 1. The van der Waals surface area contributed by atoms with Gasteiger partial charge in [-0.15, -0.1) is 11.3 Å². The maximum absolute atomic E-state index is 11.9. The van der Waals surface area contributed by atoms with E-state index < -0.39 is 5.97 Å². The number of nitrogens with one attached hydrogen (secondary N) is 1. The zero-order valence-corrected chi connectivity index (χ0v) is 12.2. The number of carbonyl (C=O) groups is 1. The smallest absolute Gasteiger partial charge is 0.348 e. The Morgan fingerprint density at radius 3 is 2.86 bits per heavy atom. The third-order valence-corrected chi connectivity index (χ3v) is 3.99. The molecule has 0 unspecified atom stereocenters. The van der Waals surface area contributed by atoms with Crippen LogP contribution >= 0.6 is 22.9 Å². The van der Waals surface area contributed by atoms with Crippen LogP contribution in [0.3, 0.4) is 0 Å². The third-order valence-electron chi connectivity index (χ3n) is 2.78. The van der Waals surface area contributed by atoms with E-state index in [1.165, 1.54) is 0 Å². The quantitative estimate of drug-likeness (QED) is 0.753. The van der Waals surface area contributed by atoms with E-state index in [-0.39, 0.29) is 12.2 Å². The summed E-state index contributed by atoms with van der Waals surface area (Å²) < 4.78 is 5.62. The molecule has 106 valence electrons. The predicted octanol–water partition coefficient (Wildman–Crippen LogP) is 3.00. The molecule has 0 saturated heterocycles. The Bertz CT molecular complexity index is 872. The summed E-state index contributed by atoms with van der Waals surface area (Å²) in [4.78, 5) is 30.9. The molecular weight excluding hydrogens is 312 g/mol. The van der Waals surface area contributed by atoms with Crippen LogP contribution in [0, 0.1) is 0 Å². The lowest BCUT2D eigenvalue weighted by molar-refractivity contribution is 0.0468. The molecule has 0 bridgehead atoms. The number of aromatic nitrogens is 2. The minimum absolute atomic E-state index is 0.103. The SMILES string of the molecule is O=C(OCc1nc2ccccc2c(=O)[nH]1)c1ccc(Cl)s1. The summed E-state index contributed by atoms with van der Waals surface area (Å²) in [7, 11) is 0. The summed E-state index contributed by atoms with van der Waals surface area (Å²) in [6.07, 6.45) is 0. The van der Waals surface area contributed by atoms with Crippen molar-refractivity contribution in [1.29, 1.82) is 0 Å². The first-order valence-corrected chi connectivity index (χ1v) is 7.23. The number of nitrogens with zero attached hydrogens (tertiary/aromatic N) is 1. The number of thiophene rings is 1. The topological polar surface area (TPSA) is 72.0 Å². The van der Waals surface area contributed by atoms with Gasteiger partial charge in [0.2, 0.25) is 0 Å².